The Morgan fingerprint density at radius 2 is 1.29 bits per heavy atom. The number of aromatic nitrogens is 2. The summed E-state index contributed by atoms with van der Waals surface area (Å²) in [7, 11) is 0. The van der Waals surface area contributed by atoms with Gasteiger partial charge in [0.15, 0.2) is 0 Å². The van der Waals surface area contributed by atoms with Crippen LogP contribution in [0.15, 0.2) is 140 Å². The molecule has 1 aliphatic rings. The number of hydrogen-bond donors (Lipinski definition) is 0. The predicted octanol–water partition coefficient (Wildman–Crippen LogP) is 11.3. The van der Waals surface area contributed by atoms with Crippen LogP contribution in [0.2, 0.25) is 0 Å². The maximum Gasteiger partial charge on any atom is 0.137 e. The van der Waals surface area contributed by atoms with E-state index < -0.39 is 0 Å². The Morgan fingerprint density at radius 1 is 0.612 bits per heavy atom. The summed E-state index contributed by atoms with van der Waals surface area (Å²) in [6, 6.07) is 42.8. The third kappa shape index (κ3) is 5.72. The van der Waals surface area contributed by atoms with E-state index in [-0.39, 0.29) is 5.41 Å². The molecule has 0 N–H and O–H groups in total. The molecule has 7 aromatic rings. The van der Waals surface area contributed by atoms with Gasteiger partial charge in [0.2, 0.25) is 0 Å². The average molecular weight is 641 g/mol. The van der Waals surface area contributed by atoms with Crippen molar-refractivity contribution in [3.8, 4) is 28.4 Å². The number of fused-ring (bicyclic) bond motifs is 3. The van der Waals surface area contributed by atoms with E-state index in [2.05, 4.69) is 177 Å². The number of hydrogen-bond acceptors (Lipinski definition) is 4. The summed E-state index contributed by atoms with van der Waals surface area (Å²) in [4.78, 5) is 9.35. The van der Waals surface area contributed by atoms with E-state index in [1.807, 2.05) is 12.3 Å². The molecule has 0 radical (unpaired) electrons. The monoisotopic (exact) mass is 640 g/mol. The lowest BCUT2D eigenvalue weighted by Gasteiger charge is -2.22. The van der Waals surface area contributed by atoms with E-state index in [0.29, 0.717) is 6.67 Å². The zero-order valence-corrected chi connectivity index (χ0v) is 28.7. The summed E-state index contributed by atoms with van der Waals surface area (Å²) in [5.41, 5.74) is 10.8. The highest BCUT2D eigenvalue weighted by Gasteiger charge is 2.20. The van der Waals surface area contributed by atoms with Crippen molar-refractivity contribution in [2.45, 2.75) is 40.0 Å². The first-order valence-corrected chi connectivity index (χ1v) is 16.9. The molecule has 2 aromatic heterocycles. The predicted molar refractivity (Wildman–Crippen MR) is 204 cm³/mol. The largest absolute Gasteiger partial charge is 0.457 e. The van der Waals surface area contributed by atoms with Crippen molar-refractivity contribution < 1.29 is 4.74 Å². The van der Waals surface area contributed by atoms with Gasteiger partial charge in [-0.2, -0.15) is 0 Å². The molecule has 5 nitrogen and oxygen atoms in total. The second kappa shape index (κ2) is 12.0. The molecule has 0 atom stereocenters. The zero-order valence-electron chi connectivity index (χ0n) is 28.7. The number of pyridine rings is 1. The number of anilines is 2. The second-order valence-electron chi connectivity index (χ2n) is 14.0. The lowest BCUT2D eigenvalue weighted by Crippen LogP contribution is -2.24. The highest BCUT2D eigenvalue weighted by Crippen LogP contribution is 2.37. The van der Waals surface area contributed by atoms with Crippen LogP contribution in [0, 0.1) is 13.8 Å². The van der Waals surface area contributed by atoms with E-state index in [4.69, 9.17) is 9.72 Å². The fourth-order valence-electron chi connectivity index (χ4n) is 6.99. The average Bonchev–Trinajstić information content (AvgIpc) is 3.72. The number of para-hydroxylation sites is 1. The van der Waals surface area contributed by atoms with Crippen LogP contribution in [0.5, 0.6) is 11.5 Å². The van der Waals surface area contributed by atoms with E-state index in [1.165, 1.54) is 38.6 Å². The number of nitrogens with zero attached hydrogens (tertiary/aromatic N) is 4. The van der Waals surface area contributed by atoms with Gasteiger partial charge in [0.1, 0.15) is 17.3 Å². The van der Waals surface area contributed by atoms with Gasteiger partial charge in [-0.05, 0) is 102 Å². The molecule has 0 saturated heterocycles. The first kappa shape index (κ1) is 30.5. The molecule has 5 aromatic carbocycles. The summed E-state index contributed by atoms with van der Waals surface area (Å²) in [6.45, 7) is 11.8. The van der Waals surface area contributed by atoms with E-state index in [0.717, 1.165) is 39.7 Å². The minimum atomic E-state index is 0.0156. The van der Waals surface area contributed by atoms with Crippen molar-refractivity contribution in [2.75, 3.05) is 16.5 Å². The van der Waals surface area contributed by atoms with Gasteiger partial charge < -0.3 is 14.5 Å². The third-order valence-electron chi connectivity index (χ3n) is 9.55. The number of aryl methyl sites for hydroxylation is 2. The van der Waals surface area contributed by atoms with Gasteiger partial charge in [-0.1, -0.05) is 75.4 Å². The lowest BCUT2D eigenvalue weighted by molar-refractivity contribution is 0.483. The maximum absolute atomic E-state index is 6.55. The summed E-state index contributed by atoms with van der Waals surface area (Å²) in [6.07, 6.45) is 6.19. The van der Waals surface area contributed by atoms with Gasteiger partial charge in [-0.3, -0.25) is 4.57 Å². The third-order valence-corrected chi connectivity index (χ3v) is 9.55. The molecule has 0 fully saturated rings. The van der Waals surface area contributed by atoms with Crippen molar-refractivity contribution in [2.24, 2.45) is 0 Å². The molecule has 0 unspecified atom stereocenters. The SMILES string of the molecule is Cc1cccc(C)c1-c1cccc(N2C=CN(c3cccc(Oc4ccc5c6ccccc6n(-c6cc(C(C)(C)C)ccn6)c5c4)c3)C2)c1. The Balaban J connectivity index is 1.07. The molecule has 0 aliphatic carbocycles. The fraction of sp³-hybridized carbons (Fsp3) is 0.159. The van der Waals surface area contributed by atoms with Crippen LogP contribution in [0.3, 0.4) is 0 Å². The van der Waals surface area contributed by atoms with E-state index in [1.54, 1.807) is 0 Å². The molecule has 8 rings (SSSR count). The highest BCUT2D eigenvalue weighted by atomic mass is 16.5. The van der Waals surface area contributed by atoms with Crippen LogP contribution in [-0.2, 0) is 5.41 Å². The summed E-state index contributed by atoms with van der Waals surface area (Å²) >= 11 is 0. The Hall–Kier alpha value is -5.81. The van der Waals surface area contributed by atoms with Crippen LogP contribution >= 0.6 is 0 Å². The maximum atomic E-state index is 6.55. The fourth-order valence-corrected chi connectivity index (χ4v) is 6.99. The molecule has 3 heterocycles. The molecule has 5 heteroatoms. The Morgan fingerprint density at radius 3 is 2.06 bits per heavy atom. The highest BCUT2D eigenvalue weighted by molar-refractivity contribution is 6.09. The quantitative estimate of drug-likeness (QED) is 0.181. The minimum absolute atomic E-state index is 0.0156. The van der Waals surface area contributed by atoms with Gasteiger partial charge in [0, 0.05) is 52.9 Å². The van der Waals surface area contributed by atoms with Crippen LogP contribution in [0.25, 0.3) is 38.8 Å². The minimum Gasteiger partial charge on any atom is -0.457 e. The second-order valence-corrected chi connectivity index (χ2v) is 14.0. The van der Waals surface area contributed by atoms with Crippen molar-refractivity contribution in [1.82, 2.24) is 9.55 Å². The van der Waals surface area contributed by atoms with Gasteiger partial charge in [-0.15, -0.1) is 0 Å². The van der Waals surface area contributed by atoms with Crippen LogP contribution < -0.4 is 14.5 Å². The number of ether oxygens (including phenoxy) is 1. The van der Waals surface area contributed by atoms with E-state index >= 15 is 0 Å². The Bertz CT molecular complexity index is 2360. The Labute approximate surface area is 288 Å². The first-order chi connectivity index (χ1) is 23.7. The van der Waals surface area contributed by atoms with Gasteiger partial charge in [0.25, 0.3) is 0 Å². The smallest absolute Gasteiger partial charge is 0.137 e. The molecular weight excluding hydrogens is 601 g/mol. The molecule has 242 valence electrons. The van der Waals surface area contributed by atoms with Crippen molar-refractivity contribution in [1.29, 1.82) is 0 Å². The molecule has 0 amide bonds. The molecular formula is C44H40N4O. The van der Waals surface area contributed by atoms with Gasteiger partial charge in [-0.25, -0.2) is 4.98 Å². The first-order valence-electron chi connectivity index (χ1n) is 16.9. The van der Waals surface area contributed by atoms with Crippen LogP contribution in [0.1, 0.15) is 37.5 Å². The molecule has 49 heavy (non-hydrogen) atoms. The van der Waals surface area contributed by atoms with Crippen LogP contribution in [-0.4, -0.2) is 16.2 Å². The molecule has 0 saturated carbocycles. The van der Waals surface area contributed by atoms with Crippen molar-refractivity contribution in [3.05, 3.63) is 157 Å². The lowest BCUT2D eigenvalue weighted by atomic mass is 9.88. The van der Waals surface area contributed by atoms with Gasteiger partial charge >= 0.3 is 0 Å². The van der Waals surface area contributed by atoms with Crippen molar-refractivity contribution in [3.63, 3.8) is 0 Å². The molecule has 0 bridgehead atoms. The molecule has 1 aliphatic heterocycles. The number of rotatable bonds is 6. The van der Waals surface area contributed by atoms with Gasteiger partial charge in [0.05, 0.1) is 17.7 Å². The van der Waals surface area contributed by atoms with Crippen molar-refractivity contribution >= 4 is 33.2 Å². The normalized spacial score (nSPS) is 13.2. The van der Waals surface area contributed by atoms with E-state index in [9.17, 15) is 0 Å². The standard InChI is InChI=1S/C44H40N4O/c1-30-11-8-12-31(2)43(30)32-13-9-14-34(25-32)46-23-24-47(29-46)35-15-10-16-36(27-35)49-37-19-20-39-38-17-6-7-18-40(38)48(41(39)28-37)42-26-33(21-22-45-42)44(3,4)5/h6-28H,29H2,1-5H3. The summed E-state index contributed by atoms with van der Waals surface area (Å²) in [5, 5.41) is 2.36. The summed E-state index contributed by atoms with van der Waals surface area (Å²) in [5.74, 6) is 2.47. The number of benzene rings is 5. The Kier molecular flexibility index (Phi) is 7.48. The summed E-state index contributed by atoms with van der Waals surface area (Å²) < 4.78 is 8.80. The van der Waals surface area contributed by atoms with Crippen LogP contribution in [0.4, 0.5) is 11.4 Å². The zero-order chi connectivity index (χ0) is 33.7. The topological polar surface area (TPSA) is 33.5 Å². The molecule has 0 spiro atoms.